The molecule has 1 aliphatic heterocycles. The lowest BCUT2D eigenvalue weighted by molar-refractivity contribution is 0.477. The number of para-hydroxylation sites is 5. The Morgan fingerprint density at radius 3 is 1.47 bits per heavy atom. The van der Waals surface area contributed by atoms with Crippen molar-refractivity contribution in [3.8, 4) is 34.3 Å². The number of fused-ring (bicyclic) bond motifs is 2. The second kappa shape index (κ2) is 7.59. The fourth-order valence-corrected chi connectivity index (χ4v) is 3.97. The van der Waals surface area contributed by atoms with E-state index in [-0.39, 0.29) is 0 Å². The van der Waals surface area contributed by atoms with E-state index in [0.717, 1.165) is 39.7 Å². The maximum absolute atomic E-state index is 6.22. The number of hydrogen-bond donors (Lipinski definition) is 0. The molecule has 6 nitrogen and oxygen atoms in total. The summed E-state index contributed by atoms with van der Waals surface area (Å²) in [6.45, 7) is 0. The molecule has 3 heterocycles. The number of rotatable bonds is 3. The SMILES string of the molecule is c1cnc(-c2cccc(-c3ncccn3)c2N2c3ccccc3Oc3ccccc32)nc1. The molecule has 3 aromatic carbocycles. The van der Waals surface area contributed by atoms with Crippen LogP contribution in [0, 0.1) is 0 Å². The molecule has 0 aliphatic carbocycles. The van der Waals surface area contributed by atoms with E-state index < -0.39 is 0 Å². The van der Waals surface area contributed by atoms with Crippen molar-refractivity contribution in [2.45, 2.75) is 0 Å². The molecule has 0 atom stereocenters. The van der Waals surface area contributed by atoms with E-state index >= 15 is 0 Å². The van der Waals surface area contributed by atoms with Crippen LogP contribution in [0.1, 0.15) is 0 Å². The maximum Gasteiger partial charge on any atom is 0.161 e. The van der Waals surface area contributed by atoms with E-state index in [0.29, 0.717) is 11.6 Å². The predicted molar refractivity (Wildman–Crippen MR) is 123 cm³/mol. The molecule has 0 unspecified atom stereocenters. The predicted octanol–water partition coefficient (Wildman–Crippen LogP) is 6.18. The Morgan fingerprint density at radius 1 is 0.500 bits per heavy atom. The Kier molecular flexibility index (Phi) is 4.32. The summed E-state index contributed by atoms with van der Waals surface area (Å²) in [4.78, 5) is 20.4. The van der Waals surface area contributed by atoms with Crippen molar-refractivity contribution < 1.29 is 4.74 Å². The molecule has 0 saturated carbocycles. The van der Waals surface area contributed by atoms with E-state index in [1.807, 2.05) is 78.9 Å². The molecule has 152 valence electrons. The highest BCUT2D eigenvalue weighted by atomic mass is 16.5. The zero-order chi connectivity index (χ0) is 21.3. The molecular weight excluding hydrogens is 398 g/mol. The molecule has 0 radical (unpaired) electrons. The van der Waals surface area contributed by atoms with E-state index in [4.69, 9.17) is 4.74 Å². The molecule has 5 aromatic rings. The molecule has 6 rings (SSSR count). The minimum absolute atomic E-state index is 0.627. The van der Waals surface area contributed by atoms with Crippen LogP contribution < -0.4 is 9.64 Å². The van der Waals surface area contributed by atoms with Gasteiger partial charge in [-0.1, -0.05) is 30.3 Å². The van der Waals surface area contributed by atoms with Crippen molar-refractivity contribution in [3.63, 3.8) is 0 Å². The summed E-state index contributed by atoms with van der Waals surface area (Å²) in [5, 5.41) is 0. The smallest absolute Gasteiger partial charge is 0.161 e. The molecule has 0 bridgehead atoms. The molecule has 2 aromatic heterocycles. The van der Waals surface area contributed by atoms with Gasteiger partial charge in [-0.3, -0.25) is 0 Å². The Hall–Kier alpha value is -4.58. The normalized spacial score (nSPS) is 11.9. The second-order valence-electron chi connectivity index (χ2n) is 7.22. The van der Waals surface area contributed by atoms with Gasteiger partial charge in [0.05, 0.1) is 17.1 Å². The summed E-state index contributed by atoms with van der Waals surface area (Å²) < 4.78 is 6.22. The van der Waals surface area contributed by atoms with Crippen molar-refractivity contribution in [3.05, 3.63) is 104 Å². The van der Waals surface area contributed by atoms with Crippen LogP contribution >= 0.6 is 0 Å². The van der Waals surface area contributed by atoms with Gasteiger partial charge in [0.25, 0.3) is 0 Å². The Bertz CT molecular complexity index is 1300. The van der Waals surface area contributed by atoms with Crippen LogP contribution in [0.5, 0.6) is 11.5 Å². The van der Waals surface area contributed by atoms with E-state index in [1.165, 1.54) is 0 Å². The van der Waals surface area contributed by atoms with Gasteiger partial charge in [0.2, 0.25) is 0 Å². The van der Waals surface area contributed by atoms with Crippen molar-refractivity contribution in [1.82, 2.24) is 19.9 Å². The summed E-state index contributed by atoms with van der Waals surface area (Å²) in [5.74, 6) is 2.80. The minimum atomic E-state index is 0.627. The van der Waals surface area contributed by atoms with Gasteiger partial charge in [-0.2, -0.15) is 0 Å². The Balaban J connectivity index is 1.71. The summed E-state index contributed by atoms with van der Waals surface area (Å²) in [5.41, 5.74) is 4.50. The van der Waals surface area contributed by atoms with Crippen molar-refractivity contribution in [2.75, 3.05) is 4.90 Å². The second-order valence-corrected chi connectivity index (χ2v) is 7.22. The topological polar surface area (TPSA) is 64.0 Å². The van der Waals surface area contributed by atoms with Crippen LogP contribution in [0.4, 0.5) is 17.1 Å². The summed E-state index contributed by atoms with van der Waals surface area (Å²) in [6.07, 6.45) is 7.00. The molecule has 0 spiro atoms. The van der Waals surface area contributed by atoms with Gasteiger partial charge in [0, 0.05) is 35.9 Å². The molecule has 0 N–H and O–H groups in total. The average molecular weight is 415 g/mol. The third-order valence-corrected chi connectivity index (χ3v) is 5.31. The first-order valence-corrected chi connectivity index (χ1v) is 10.2. The summed E-state index contributed by atoms with van der Waals surface area (Å²) >= 11 is 0. The molecule has 6 heteroatoms. The number of hydrogen-bond acceptors (Lipinski definition) is 6. The average Bonchev–Trinajstić information content (AvgIpc) is 2.88. The first kappa shape index (κ1) is 18.2. The highest BCUT2D eigenvalue weighted by Crippen LogP contribution is 2.53. The van der Waals surface area contributed by atoms with Crippen LogP contribution in [0.25, 0.3) is 22.8 Å². The van der Waals surface area contributed by atoms with Crippen LogP contribution in [-0.4, -0.2) is 19.9 Å². The van der Waals surface area contributed by atoms with Crippen molar-refractivity contribution in [1.29, 1.82) is 0 Å². The van der Waals surface area contributed by atoms with Gasteiger partial charge in [0.15, 0.2) is 23.1 Å². The van der Waals surface area contributed by atoms with Crippen LogP contribution in [0.15, 0.2) is 104 Å². The third-order valence-electron chi connectivity index (χ3n) is 5.31. The van der Waals surface area contributed by atoms with Gasteiger partial charge < -0.3 is 9.64 Å². The summed E-state index contributed by atoms with van der Waals surface area (Å²) in [6, 6.07) is 25.6. The van der Waals surface area contributed by atoms with Gasteiger partial charge >= 0.3 is 0 Å². The van der Waals surface area contributed by atoms with E-state index in [2.05, 4.69) is 24.8 Å². The van der Waals surface area contributed by atoms with Gasteiger partial charge in [-0.15, -0.1) is 0 Å². The molecule has 0 fully saturated rings. The first-order valence-electron chi connectivity index (χ1n) is 10.2. The van der Waals surface area contributed by atoms with E-state index in [9.17, 15) is 0 Å². The highest BCUT2D eigenvalue weighted by Gasteiger charge is 2.30. The monoisotopic (exact) mass is 415 g/mol. The zero-order valence-electron chi connectivity index (χ0n) is 17.0. The fraction of sp³-hybridized carbons (Fsp3) is 0. The molecule has 1 aliphatic rings. The minimum Gasteiger partial charge on any atom is -0.453 e. The number of anilines is 3. The zero-order valence-corrected chi connectivity index (χ0v) is 17.0. The maximum atomic E-state index is 6.22. The number of ether oxygens (including phenoxy) is 1. The van der Waals surface area contributed by atoms with Gasteiger partial charge in [-0.25, -0.2) is 19.9 Å². The lowest BCUT2D eigenvalue weighted by Gasteiger charge is -2.34. The van der Waals surface area contributed by atoms with Gasteiger partial charge in [0.1, 0.15) is 0 Å². The lowest BCUT2D eigenvalue weighted by Crippen LogP contribution is -2.18. The molecule has 0 amide bonds. The number of aromatic nitrogens is 4. The third kappa shape index (κ3) is 2.97. The quantitative estimate of drug-likeness (QED) is 0.344. The Labute approximate surface area is 184 Å². The first-order chi connectivity index (χ1) is 15.9. The number of benzene rings is 3. The van der Waals surface area contributed by atoms with Crippen LogP contribution in [0.2, 0.25) is 0 Å². The van der Waals surface area contributed by atoms with Crippen molar-refractivity contribution >= 4 is 17.1 Å². The van der Waals surface area contributed by atoms with Crippen molar-refractivity contribution in [2.24, 2.45) is 0 Å². The summed E-state index contributed by atoms with van der Waals surface area (Å²) in [7, 11) is 0. The van der Waals surface area contributed by atoms with E-state index in [1.54, 1.807) is 24.8 Å². The molecular formula is C26H17N5O. The van der Waals surface area contributed by atoms with Crippen LogP contribution in [-0.2, 0) is 0 Å². The standard InChI is InChI=1S/C26H17N5O/c1-3-12-22-20(10-1)31(21-11-2-4-13-23(21)32-22)24-18(25-27-14-6-15-28-25)8-5-9-19(24)26-29-16-7-17-30-26/h1-17H. The number of nitrogens with zero attached hydrogens (tertiary/aromatic N) is 5. The highest BCUT2D eigenvalue weighted by molar-refractivity contribution is 5.98. The largest absolute Gasteiger partial charge is 0.453 e. The Morgan fingerprint density at radius 2 is 0.969 bits per heavy atom. The van der Waals surface area contributed by atoms with Gasteiger partial charge in [-0.05, 0) is 48.5 Å². The molecule has 32 heavy (non-hydrogen) atoms. The molecule has 0 saturated heterocycles. The fourth-order valence-electron chi connectivity index (χ4n) is 3.97. The lowest BCUT2D eigenvalue weighted by atomic mass is 10.0. The van der Waals surface area contributed by atoms with Crippen LogP contribution in [0.3, 0.4) is 0 Å².